The lowest BCUT2D eigenvalue weighted by atomic mass is 10.1. The van der Waals surface area contributed by atoms with E-state index in [4.69, 9.17) is 9.47 Å². The van der Waals surface area contributed by atoms with Gasteiger partial charge in [-0.2, -0.15) is 0 Å². The second kappa shape index (κ2) is 8.62. The van der Waals surface area contributed by atoms with Crippen molar-refractivity contribution >= 4 is 37.5 Å². The molecule has 1 amide bonds. The zero-order valence-corrected chi connectivity index (χ0v) is 18.9. The molecule has 0 aliphatic carbocycles. The van der Waals surface area contributed by atoms with Crippen LogP contribution in [0.5, 0.6) is 11.5 Å². The van der Waals surface area contributed by atoms with E-state index < -0.39 is 10.0 Å². The molecule has 9 heteroatoms. The number of anilines is 1. The largest absolute Gasteiger partial charge is 0.493 e. The topological polar surface area (TPSA) is 84.9 Å². The summed E-state index contributed by atoms with van der Waals surface area (Å²) in [5.74, 6) is 0.517. The van der Waals surface area contributed by atoms with Gasteiger partial charge in [-0.15, -0.1) is 0 Å². The Morgan fingerprint density at radius 3 is 2.34 bits per heavy atom. The average Bonchev–Trinajstić information content (AvgIpc) is 3.23. The van der Waals surface area contributed by atoms with Gasteiger partial charge in [0.2, 0.25) is 0 Å². The van der Waals surface area contributed by atoms with Gasteiger partial charge in [0.05, 0.1) is 25.5 Å². The van der Waals surface area contributed by atoms with Crippen molar-refractivity contribution in [3.05, 3.63) is 45.9 Å². The number of halogens is 1. The molecule has 0 aromatic heterocycles. The van der Waals surface area contributed by atoms with Crippen molar-refractivity contribution in [3.8, 4) is 11.5 Å². The second-order valence-electron chi connectivity index (χ2n) is 6.74. The van der Waals surface area contributed by atoms with Gasteiger partial charge >= 0.3 is 0 Å². The molecule has 1 N–H and O–H groups in total. The summed E-state index contributed by atoms with van der Waals surface area (Å²) in [6, 6.07) is 8.08. The summed E-state index contributed by atoms with van der Waals surface area (Å²) in [6.07, 6.45) is 1.91. The molecule has 0 radical (unpaired) electrons. The number of aryl methyl sites for hydroxylation is 1. The molecule has 7 nitrogen and oxygen atoms in total. The molecule has 0 saturated carbocycles. The van der Waals surface area contributed by atoms with Crippen LogP contribution in [-0.2, 0) is 10.0 Å². The highest BCUT2D eigenvalue weighted by Crippen LogP contribution is 2.37. The van der Waals surface area contributed by atoms with E-state index in [0.717, 1.165) is 12.8 Å². The number of ether oxygens (including phenoxy) is 2. The third-order valence-electron chi connectivity index (χ3n) is 4.86. The van der Waals surface area contributed by atoms with E-state index in [1.54, 1.807) is 30.0 Å². The van der Waals surface area contributed by atoms with E-state index in [-0.39, 0.29) is 22.2 Å². The molecule has 0 spiro atoms. The van der Waals surface area contributed by atoms with E-state index in [9.17, 15) is 13.2 Å². The van der Waals surface area contributed by atoms with Crippen LogP contribution in [0.2, 0.25) is 0 Å². The number of nitrogens with zero attached hydrogens (tertiary/aromatic N) is 1. The summed E-state index contributed by atoms with van der Waals surface area (Å²) < 4.78 is 39.7. The number of methoxy groups -OCH3 is 2. The first-order valence-electron chi connectivity index (χ1n) is 9.11. The molecule has 0 bridgehead atoms. The standard InChI is InChI=1S/C20H23BrN2O5S/c1-13-7-6-8-14(20(24)23-9-4-5-10-23)19(13)22-29(25,26)18-12-17(28-3)16(27-2)11-15(18)21/h6-8,11-12,22H,4-5,9-10H2,1-3H3. The predicted molar refractivity (Wildman–Crippen MR) is 114 cm³/mol. The summed E-state index contributed by atoms with van der Waals surface area (Å²) >= 11 is 3.29. The molecule has 3 rings (SSSR count). The summed E-state index contributed by atoms with van der Waals surface area (Å²) in [7, 11) is -1.10. The molecule has 1 fully saturated rings. The fourth-order valence-corrected chi connectivity index (χ4v) is 5.49. The van der Waals surface area contributed by atoms with Crippen LogP contribution in [0.4, 0.5) is 5.69 Å². The molecule has 1 aliphatic heterocycles. The zero-order chi connectivity index (χ0) is 21.2. The smallest absolute Gasteiger partial charge is 0.263 e. The lowest BCUT2D eigenvalue weighted by Gasteiger charge is -2.20. The van der Waals surface area contributed by atoms with Crippen molar-refractivity contribution in [2.75, 3.05) is 32.0 Å². The van der Waals surface area contributed by atoms with Crippen molar-refractivity contribution in [1.29, 1.82) is 0 Å². The average molecular weight is 483 g/mol. The molecular weight excluding hydrogens is 460 g/mol. The Labute approximate surface area is 179 Å². The highest BCUT2D eigenvalue weighted by Gasteiger charge is 2.27. The maximum atomic E-state index is 13.2. The quantitative estimate of drug-likeness (QED) is 0.676. The lowest BCUT2D eigenvalue weighted by Crippen LogP contribution is -2.29. The molecule has 2 aromatic rings. The maximum absolute atomic E-state index is 13.2. The molecule has 0 unspecified atom stereocenters. The van der Waals surface area contributed by atoms with Gasteiger partial charge in [-0.1, -0.05) is 12.1 Å². The number of para-hydroxylation sites is 1. The van der Waals surface area contributed by atoms with Gasteiger partial charge in [-0.3, -0.25) is 9.52 Å². The van der Waals surface area contributed by atoms with Crippen LogP contribution in [0.25, 0.3) is 0 Å². The van der Waals surface area contributed by atoms with Crippen molar-refractivity contribution in [1.82, 2.24) is 4.90 Å². The van der Waals surface area contributed by atoms with E-state index in [0.29, 0.717) is 34.4 Å². The third-order valence-corrected chi connectivity index (χ3v) is 7.17. The number of likely N-dealkylation sites (tertiary alicyclic amines) is 1. The van der Waals surface area contributed by atoms with Crippen LogP contribution in [0.15, 0.2) is 39.7 Å². The number of carbonyl (C=O) groups excluding carboxylic acids is 1. The number of benzene rings is 2. The van der Waals surface area contributed by atoms with Crippen molar-refractivity contribution in [2.45, 2.75) is 24.7 Å². The summed E-state index contributed by atoms with van der Waals surface area (Å²) in [6.45, 7) is 3.13. The number of hydrogen-bond donors (Lipinski definition) is 1. The van der Waals surface area contributed by atoms with E-state index in [1.165, 1.54) is 26.4 Å². The number of carbonyl (C=O) groups is 1. The number of amides is 1. The Balaban J connectivity index is 2.02. The molecule has 29 heavy (non-hydrogen) atoms. The van der Waals surface area contributed by atoms with E-state index in [2.05, 4.69) is 20.7 Å². The Morgan fingerprint density at radius 1 is 1.10 bits per heavy atom. The third kappa shape index (κ3) is 4.35. The minimum atomic E-state index is -4.01. The van der Waals surface area contributed by atoms with Gasteiger partial charge < -0.3 is 14.4 Å². The first-order chi connectivity index (χ1) is 13.8. The van der Waals surface area contributed by atoms with Crippen LogP contribution in [0.1, 0.15) is 28.8 Å². The minimum absolute atomic E-state index is 0.0158. The molecular formula is C20H23BrN2O5S. The van der Waals surface area contributed by atoms with E-state index >= 15 is 0 Å². The van der Waals surface area contributed by atoms with Crippen molar-refractivity contribution in [3.63, 3.8) is 0 Å². The molecule has 2 aromatic carbocycles. The molecule has 1 saturated heterocycles. The van der Waals surface area contributed by atoms with Gasteiger partial charge in [0, 0.05) is 23.6 Å². The SMILES string of the molecule is COc1cc(Br)c(S(=O)(=O)Nc2c(C)cccc2C(=O)N2CCCC2)cc1OC. The molecule has 1 aliphatic rings. The molecule has 0 atom stereocenters. The van der Waals surface area contributed by atoms with Crippen LogP contribution in [0.3, 0.4) is 0 Å². The minimum Gasteiger partial charge on any atom is -0.493 e. The summed E-state index contributed by atoms with van der Waals surface area (Å²) in [4.78, 5) is 14.7. The first-order valence-corrected chi connectivity index (χ1v) is 11.4. The second-order valence-corrected chi connectivity index (χ2v) is 9.25. The van der Waals surface area contributed by atoms with Gasteiger partial charge in [-0.05, 0) is 53.4 Å². The van der Waals surface area contributed by atoms with Gasteiger partial charge in [-0.25, -0.2) is 8.42 Å². The number of sulfonamides is 1. The van der Waals surface area contributed by atoms with Crippen LogP contribution >= 0.6 is 15.9 Å². The molecule has 1 heterocycles. The van der Waals surface area contributed by atoms with Gasteiger partial charge in [0.15, 0.2) is 11.5 Å². The number of rotatable bonds is 6. The van der Waals surface area contributed by atoms with Gasteiger partial charge in [0.1, 0.15) is 4.90 Å². The normalized spacial score (nSPS) is 14.0. The van der Waals surface area contributed by atoms with Crippen LogP contribution in [-0.4, -0.2) is 46.5 Å². The number of nitrogens with one attached hydrogen (secondary N) is 1. The number of hydrogen-bond acceptors (Lipinski definition) is 5. The fraction of sp³-hybridized carbons (Fsp3) is 0.350. The Bertz CT molecular complexity index is 1030. The van der Waals surface area contributed by atoms with Gasteiger partial charge in [0.25, 0.3) is 15.9 Å². The summed E-state index contributed by atoms with van der Waals surface area (Å²) in [5.41, 5.74) is 1.29. The Kier molecular flexibility index (Phi) is 6.38. The Hall–Kier alpha value is -2.26. The first kappa shape index (κ1) is 21.4. The van der Waals surface area contributed by atoms with E-state index in [1.807, 2.05) is 0 Å². The van der Waals surface area contributed by atoms with Crippen LogP contribution < -0.4 is 14.2 Å². The predicted octanol–water partition coefficient (Wildman–Crippen LogP) is 3.81. The highest BCUT2D eigenvalue weighted by atomic mass is 79.9. The zero-order valence-electron chi connectivity index (χ0n) is 16.5. The highest BCUT2D eigenvalue weighted by molar-refractivity contribution is 9.10. The lowest BCUT2D eigenvalue weighted by molar-refractivity contribution is 0.0794. The Morgan fingerprint density at radius 2 is 1.72 bits per heavy atom. The molecule has 156 valence electrons. The monoisotopic (exact) mass is 482 g/mol. The summed E-state index contributed by atoms with van der Waals surface area (Å²) in [5, 5.41) is 0. The van der Waals surface area contributed by atoms with Crippen molar-refractivity contribution in [2.24, 2.45) is 0 Å². The van der Waals surface area contributed by atoms with Crippen LogP contribution in [0, 0.1) is 6.92 Å². The fourth-order valence-electron chi connectivity index (χ4n) is 3.30. The maximum Gasteiger partial charge on any atom is 0.263 e. The van der Waals surface area contributed by atoms with Crippen molar-refractivity contribution < 1.29 is 22.7 Å².